The van der Waals surface area contributed by atoms with E-state index in [4.69, 9.17) is 9.47 Å². The molecule has 1 atom stereocenters. The summed E-state index contributed by atoms with van der Waals surface area (Å²) in [5.74, 6) is 2.53. The third kappa shape index (κ3) is 3.34. The minimum Gasteiger partial charge on any atom is -0.496 e. The van der Waals surface area contributed by atoms with Gasteiger partial charge in [-0.05, 0) is 37.4 Å². The fourth-order valence-corrected chi connectivity index (χ4v) is 3.12. The molecule has 2 rings (SSSR count). The van der Waals surface area contributed by atoms with Crippen molar-refractivity contribution in [3.63, 3.8) is 0 Å². The largest absolute Gasteiger partial charge is 0.496 e. The molecule has 1 aliphatic rings. The molecule has 0 aromatic heterocycles. The highest BCUT2D eigenvalue weighted by atomic mass is 16.5. The van der Waals surface area contributed by atoms with Crippen LogP contribution in [-0.4, -0.2) is 19.3 Å². The Bertz CT molecular complexity index is 466. The number of fused-ring (bicyclic) bond motifs is 1. The quantitative estimate of drug-likeness (QED) is 0.846. The summed E-state index contributed by atoms with van der Waals surface area (Å²) in [6, 6.07) is 6.41. The summed E-state index contributed by atoms with van der Waals surface area (Å²) >= 11 is 0. The molecule has 3 heteroatoms. The van der Waals surface area contributed by atoms with Crippen molar-refractivity contribution in [2.75, 3.05) is 13.7 Å². The predicted molar refractivity (Wildman–Crippen MR) is 87.1 cm³/mol. The number of hydrogen-bond donors (Lipinski definition) is 1. The van der Waals surface area contributed by atoms with Crippen LogP contribution in [0.15, 0.2) is 18.2 Å². The van der Waals surface area contributed by atoms with E-state index >= 15 is 0 Å². The van der Waals surface area contributed by atoms with Crippen LogP contribution in [0.25, 0.3) is 0 Å². The molecule has 1 unspecified atom stereocenters. The molecule has 0 saturated heterocycles. The van der Waals surface area contributed by atoms with Gasteiger partial charge in [-0.3, -0.25) is 0 Å². The van der Waals surface area contributed by atoms with Crippen LogP contribution in [0.3, 0.4) is 0 Å². The first-order chi connectivity index (χ1) is 10.0. The van der Waals surface area contributed by atoms with E-state index in [1.807, 2.05) is 12.1 Å². The van der Waals surface area contributed by atoms with Crippen molar-refractivity contribution < 1.29 is 9.47 Å². The van der Waals surface area contributed by atoms with Gasteiger partial charge in [-0.1, -0.05) is 33.8 Å². The van der Waals surface area contributed by atoms with Crippen molar-refractivity contribution in [3.8, 4) is 11.5 Å². The van der Waals surface area contributed by atoms with Crippen molar-refractivity contribution in [2.24, 2.45) is 5.92 Å². The van der Waals surface area contributed by atoms with Crippen LogP contribution in [-0.2, 0) is 0 Å². The molecule has 1 N–H and O–H groups in total. The van der Waals surface area contributed by atoms with Gasteiger partial charge in [0, 0.05) is 12.5 Å². The van der Waals surface area contributed by atoms with Gasteiger partial charge in [-0.15, -0.1) is 0 Å². The lowest BCUT2D eigenvalue weighted by molar-refractivity contribution is 0.0215. The van der Waals surface area contributed by atoms with Crippen LogP contribution < -0.4 is 14.8 Å². The van der Waals surface area contributed by atoms with Crippen LogP contribution in [0.1, 0.15) is 58.6 Å². The topological polar surface area (TPSA) is 30.5 Å². The van der Waals surface area contributed by atoms with Crippen LogP contribution in [0.2, 0.25) is 0 Å². The summed E-state index contributed by atoms with van der Waals surface area (Å²) in [4.78, 5) is 0. The molecule has 1 aliphatic heterocycles. The number of methoxy groups -OCH3 is 1. The van der Waals surface area contributed by atoms with E-state index in [1.54, 1.807) is 7.11 Å². The van der Waals surface area contributed by atoms with Crippen molar-refractivity contribution in [2.45, 2.75) is 58.6 Å². The Balaban J connectivity index is 2.38. The summed E-state index contributed by atoms with van der Waals surface area (Å²) in [5, 5.41) is 3.72. The second-order valence-corrected chi connectivity index (χ2v) is 6.42. The number of hydrogen-bond acceptors (Lipinski definition) is 3. The van der Waals surface area contributed by atoms with E-state index in [1.165, 1.54) is 5.56 Å². The van der Waals surface area contributed by atoms with Crippen LogP contribution >= 0.6 is 0 Å². The fourth-order valence-electron chi connectivity index (χ4n) is 3.12. The lowest BCUT2D eigenvalue weighted by Gasteiger charge is -2.42. The molecule has 0 spiro atoms. The maximum absolute atomic E-state index is 6.38. The number of nitrogens with one attached hydrogen (secondary N) is 1. The fraction of sp³-hybridized carbons (Fsp3) is 0.667. The number of benzene rings is 1. The molecular formula is C18H29NO2. The third-order valence-electron chi connectivity index (χ3n) is 4.56. The lowest BCUT2D eigenvalue weighted by Crippen LogP contribution is -2.44. The molecule has 0 amide bonds. The summed E-state index contributed by atoms with van der Waals surface area (Å²) < 4.78 is 11.9. The highest BCUT2D eigenvalue weighted by Crippen LogP contribution is 2.46. The Morgan fingerprint density at radius 2 is 2.05 bits per heavy atom. The normalized spacial score (nSPS) is 20.0. The van der Waals surface area contributed by atoms with Gasteiger partial charge in [-0.2, -0.15) is 0 Å². The Morgan fingerprint density at radius 3 is 2.62 bits per heavy atom. The molecule has 0 radical (unpaired) electrons. The predicted octanol–water partition coefficient (Wildman–Crippen LogP) is 4.32. The van der Waals surface area contributed by atoms with E-state index in [2.05, 4.69) is 39.1 Å². The third-order valence-corrected chi connectivity index (χ3v) is 4.56. The number of ether oxygens (including phenoxy) is 2. The second kappa shape index (κ2) is 6.69. The molecule has 3 nitrogen and oxygen atoms in total. The molecule has 0 bridgehead atoms. The second-order valence-electron chi connectivity index (χ2n) is 6.42. The van der Waals surface area contributed by atoms with Crippen LogP contribution in [0, 0.1) is 5.92 Å². The lowest BCUT2D eigenvalue weighted by atomic mass is 9.83. The highest BCUT2D eigenvalue weighted by Gasteiger charge is 2.39. The summed E-state index contributed by atoms with van der Waals surface area (Å²) in [6.45, 7) is 9.92. The molecule has 1 aromatic carbocycles. The molecule has 0 aliphatic carbocycles. The molecule has 1 heterocycles. The van der Waals surface area contributed by atoms with Gasteiger partial charge in [0.05, 0.1) is 12.7 Å². The zero-order valence-corrected chi connectivity index (χ0v) is 14.0. The zero-order valence-electron chi connectivity index (χ0n) is 14.0. The van der Waals surface area contributed by atoms with Gasteiger partial charge in [0.25, 0.3) is 0 Å². The molecule has 0 saturated carbocycles. The van der Waals surface area contributed by atoms with Gasteiger partial charge >= 0.3 is 0 Å². The van der Waals surface area contributed by atoms with Crippen LogP contribution in [0.5, 0.6) is 11.5 Å². The van der Waals surface area contributed by atoms with Crippen molar-refractivity contribution >= 4 is 0 Å². The Morgan fingerprint density at radius 1 is 1.33 bits per heavy atom. The number of rotatable bonds is 6. The smallest absolute Gasteiger partial charge is 0.128 e. The summed E-state index contributed by atoms with van der Waals surface area (Å²) in [5.41, 5.74) is 1.12. The standard InChI is InChI=1S/C18H29NO2/c1-6-18(7-2)11-14(19-12-13(3)4)17-15(20-5)9-8-10-16(17)21-18/h8-10,13-14,19H,6-7,11-12H2,1-5H3. The Kier molecular flexibility index (Phi) is 5.15. The Labute approximate surface area is 129 Å². The molecule has 0 fully saturated rings. The zero-order chi connectivity index (χ0) is 15.5. The molecular weight excluding hydrogens is 262 g/mol. The maximum atomic E-state index is 6.38. The summed E-state index contributed by atoms with van der Waals surface area (Å²) in [6.07, 6.45) is 3.06. The van der Waals surface area contributed by atoms with Gasteiger partial charge < -0.3 is 14.8 Å². The molecule has 118 valence electrons. The van der Waals surface area contributed by atoms with Gasteiger partial charge in [-0.25, -0.2) is 0 Å². The van der Waals surface area contributed by atoms with Gasteiger partial charge in [0.2, 0.25) is 0 Å². The van der Waals surface area contributed by atoms with E-state index < -0.39 is 0 Å². The average molecular weight is 291 g/mol. The monoisotopic (exact) mass is 291 g/mol. The first kappa shape index (κ1) is 16.2. The van der Waals surface area contributed by atoms with E-state index in [9.17, 15) is 0 Å². The SMILES string of the molecule is CCC1(CC)CC(NCC(C)C)c2c(OC)cccc2O1. The van der Waals surface area contributed by atoms with Crippen LogP contribution in [0.4, 0.5) is 0 Å². The molecule has 21 heavy (non-hydrogen) atoms. The van der Waals surface area contributed by atoms with Crippen molar-refractivity contribution in [1.82, 2.24) is 5.32 Å². The van der Waals surface area contributed by atoms with Gasteiger partial charge in [0.15, 0.2) is 0 Å². The minimum atomic E-state index is -0.0615. The van der Waals surface area contributed by atoms with Gasteiger partial charge in [0.1, 0.15) is 17.1 Å². The summed E-state index contributed by atoms with van der Waals surface area (Å²) in [7, 11) is 1.73. The first-order valence-electron chi connectivity index (χ1n) is 8.14. The van der Waals surface area contributed by atoms with E-state index in [0.29, 0.717) is 12.0 Å². The van der Waals surface area contributed by atoms with Crippen molar-refractivity contribution in [3.05, 3.63) is 23.8 Å². The minimum absolute atomic E-state index is 0.0615. The highest BCUT2D eigenvalue weighted by molar-refractivity contribution is 5.49. The Hall–Kier alpha value is -1.22. The first-order valence-corrected chi connectivity index (χ1v) is 8.14. The average Bonchev–Trinajstić information content (AvgIpc) is 2.51. The van der Waals surface area contributed by atoms with Crippen molar-refractivity contribution in [1.29, 1.82) is 0 Å². The maximum Gasteiger partial charge on any atom is 0.128 e. The van der Waals surface area contributed by atoms with E-state index in [-0.39, 0.29) is 5.60 Å². The van der Waals surface area contributed by atoms with E-state index in [0.717, 1.165) is 37.3 Å². The molecule has 1 aromatic rings.